The Morgan fingerprint density at radius 1 is 1.15 bits per heavy atom. The van der Waals surface area contributed by atoms with Crippen molar-refractivity contribution in [3.8, 4) is 5.75 Å². The Morgan fingerprint density at radius 3 is 2.65 bits per heavy atom. The Kier molecular flexibility index (Phi) is 4.01. The summed E-state index contributed by atoms with van der Waals surface area (Å²) in [5.41, 5.74) is 8.34. The van der Waals surface area contributed by atoms with E-state index < -0.39 is 0 Å². The van der Waals surface area contributed by atoms with Crippen molar-refractivity contribution in [1.29, 1.82) is 0 Å². The Balaban J connectivity index is 1.86. The van der Waals surface area contributed by atoms with Gasteiger partial charge in [0.15, 0.2) is 0 Å². The minimum absolute atomic E-state index is 0.215. The molecule has 1 aliphatic carbocycles. The molecule has 104 valence electrons. The number of hydrogen-bond acceptors (Lipinski definition) is 2. The van der Waals surface area contributed by atoms with Gasteiger partial charge in [-0.05, 0) is 54.3 Å². The number of rotatable bonds is 4. The molecule has 1 saturated carbocycles. The van der Waals surface area contributed by atoms with E-state index in [0.717, 1.165) is 34.2 Å². The summed E-state index contributed by atoms with van der Waals surface area (Å²) in [5, 5.41) is 0.676. The van der Waals surface area contributed by atoms with Crippen molar-refractivity contribution >= 4 is 27.5 Å². The summed E-state index contributed by atoms with van der Waals surface area (Å²) in [5.74, 6) is 0.890. The molecule has 20 heavy (non-hydrogen) atoms. The van der Waals surface area contributed by atoms with Gasteiger partial charge in [-0.3, -0.25) is 0 Å². The van der Waals surface area contributed by atoms with Gasteiger partial charge in [0.2, 0.25) is 0 Å². The average molecular weight is 353 g/mol. The van der Waals surface area contributed by atoms with Crippen molar-refractivity contribution < 1.29 is 4.74 Å². The van der Waals surface area contributed by atoms with Gasteiger partial charge in [-0.2, -0.15) is 0 Å². The molecule has 2 nitrogen and oxygen atoms in total. The van der Waals surface area contributed by atoms with Gasteiger partial charge >= 0.3 is 0 Å². The summed E-state index contributed by atoms with van der Waals surface area (Å²) in [6.45, 7) is 0. The van der Waals surface area contributed by atoms with E-state index in [4.69, 9.17) is 22.1 Å². The van der Waals surface area contributed by atoms with Crippen LogP contribution in [0.25, 0.3) is 0 Å². The van der Waals surface area contributed by atoms with Gasteiger partial charge in [0, 0.05) is 9.50 Å². The van der Waals surface area contributed by atoms with Crippen molar-refractivity contribution in [2.24, 2.45) is 5.73 Å². The summed E-state index contributed by atoms with van der Waals surface area (Å²) >= 11 is 9.52. The third kappa shape index (κ3) is 3.35. The first-order valence-corrected chi connectivity index (χ1v) is 7.77. The van der Waals surface area contributed by atoms with Crippen LogP contribution in [0, 0.1) is 0 Å². The van der Waals surface area contributed by atoms with Crippen LogP contribution in [0.2, 0.25) is 5.02 Å². The molecule has 0 radical (unpaired) electrons. The molecular weight excluding hydrogens is 338 g/mol. The van der Waals surface area contributed by atoms with Crippen molar-refractivity contribution in [2.75, 3.05) is 0 Å². The summed E-state index contributed by atoms with van der Waals surface area (Å²) in [4.78, 5) is 0. The van der Waals surface area contributed by atoms with Crippen LogP contribution in [0.3, 0.4) is 0 Å². The monoisotopic (exact) mass is 351 g/mol. The maximum Gasteiger partial charge on any atom is 0.120 e. The fourth-order valence-corrected chi connectivity index (χ4v) is 2.99. The number of halogens is 2. The quantitative estimate of drug-likeness (QED) is 0.866. The summed E-state index contributed by atoms with van der Waals surface area (Å²) < 4.78 is 6.74. The topological polar surface area (TPSA) is 35.2 Å². The molecule has 1 atom stereocenters. The van der Waals surface area contributed by atoms with E-state index in [0.29, 0.717) is 11.1 Å². The highest BCUT2D eigenvalue weighted by atomic mass is 79.9. The Bertz CT molecular complexity index is 607. The lowest BCUT2D eigenvalue weighted by Gasteiger charge is -2.15. The first-order chi connectivity index (χ1) is 9.61. The summed E-state index contributed by atoms with van der Waals surface area (Å²) in [7, 11) is 0. The highest BCUT2D eigenvalue weighted by Gasteiger charge is 2.23. The molecule has 0 amide bonds. The third-order valence-electron chi connectivity index (χ3n) is 3.29. The lowest BCUT2D eigenvalue weighted by atomic mass is 9.99. The zero-order chi connectivity index (χ0) is 14.1. The van der Waals surface area contributed by atoms with Crippen molar-refractivity contribution in [3.63, 3.8) is 0 Å². The van der Waals surface area contributed by atoms with Crippen LogP contribution in [-0.2, 0) is 0 Å². The van der Waals surface area contributed by atoms with Crippen molar-refractivity contribution in [2.45, 2.75) is 25.0 Å². The second-order valence-electron chi connectivity index (χ2n) is 5.07. The van der Waals surface area contributed by atoms with Crippen LogP contribution in [0.5, 0.6) is 5.75 Å². The van der Waals surface area contributed by atoms with Crippen LogP contribution < -0.4 is 10.5 Å². The van der Waals surface area contributed by atoms with E-state index >= 15 is 0 Å². The highest BCUT2D eigenvalue weighted by molar-refractivity contribution is 9.10. The van der Waals surface area contributed by atoms with E-state index in [-0.39, 0.29) is 6.04 Å². The predicted octanol–water partition coefficient (Wildman–Crippen LogP) is 4.69. The van der Waals surface area contributed by atoms with Gasteiger partial charge < -0.3 is 10.5 Å². The molecule has 0 bridgehead atoms. The zero-order valence-corrected chi connectivity index (χ0v) is 13.2. The van der Waals surface area contributed by atoms with Gasteiger partial charge in [-0.1, -0.05) is 39.7 Å². The molecule has 0 aliphatic heterocycles. The van der Waals surface area contributed by atoms with Crippen LogP contribution in [0.15, 0.2) is 46.9 Å². The highest BCUT2D eigenvalue weighted by Crippen LogP contribution is 2.30. The molecule has 4 heteroatoms. The maximum absolute atomic E-state index is 6.33. The maximum atomic E-state index is 6.33. The largest absolute Gasteiger partial charge is 0.490 e. The molecule has 0 aromatic heterocycles. The first-order valence-electron chi connectivity index (χ1n) is 6.60. The van der Waals surface area contributed by atoms with Crippen molar-refractivity contribution in [1.82, 2.24) is 0 Å². The predicted molar refractivity (Wildman–Crippen MR) is 85.3 cm³/mol. The second-order valence-corrected chi connectivity index (χ2v) is 6.42. The lowest BCUT2D eigenvalue weighted by Crippen LogP contribution is -2.12. The first kappa shape index (κ1) is 13.9. The standard InChI is InChI=1S/C16H15BrClNO/c17-12-6-11(7-13(18)9-12)16(19)10-2-1-3-15(8-10)20-14-4-5-14/h1-3,6-9,14,16H,4-5,19H2. The van der Waals surface area contributed by atoms with Crippen molar-refractivity contribution in [3.05, 3.63) is 63.1 Å². The molecule has 0 saturated heterocycles. The Hall–Kier alpha value is -1.03. The lowest BCUT2D eigenvalue weighted by molar-refractivity contribution is 0.303. The number of benzene rings is 2. The molecule has 2 aromatic carbocycles. The van der Waals surface area contributed by atoms with E-state index in [1.54, 1.807) is 0 Å². The molecule has 0 heterocycles. The number of hydrogen-bond donors (Lipinski definition) is 1. The summed E-state index contributed by atoms with van der Waals surface area (Å²) in [6, 6.07) is 13.5. The van der Waals surface area contributed by atoms with Gasteiger partial charge in [0.25, 0.3) is 0 Å². The minimum Gasteiger partial charge on any atom is -0.490 e. The second kappa shape index (κ2) is 5.76. The molecular formula is C16H15BrClNO. The Labute approximate surface area is 132 Å². The number of nitrogens with two attached hydrogens (primary N) is 1. The zero-order valence-electron chi connectivity index (χ0n) is 10.9. The van der Waals surface area contributed by atoms with Crippen LogP contribution in [0.4, 0.5) is 0 Å². The van der Waals surface area contributed by atoms with Crippen LogP contribution in [0.1, 0.15) is 30.0 Å². The average Bonchev–Trinajstić information content (AvgIpc) is 3.21. The molecule has 1 fully saturated rings. The van der Waals surface area contributed by atoms with Gasteiger partial charge in [-0.15, -0.1) is 0 Å². The molecule has 2 N–H and O–H groups in total. The van der Waals surface area contributed by atoms with Gasteiger partial charge in [-0.25, -0.2) is 0 Å². The molecule has 1 unspecified atom stereocenters. The van der Waals surface area contributed by atoms with Crippen LogP contribution in [-0.4, -0.2) is 6.10 Å². The van der Waals surface area contributed by atoms with E-state index in [9.17, 15) is 0 Å². The van der Waals surface area contributed by atoms with Gasteiger partial charge in [0.1, 0.15) is 5.75 Å². The normalized spacial score (nSPS) is 15.9. The minimum atomic E-state index is -0.215. The van der Waals surface area contributed by atoms with Crippen LogP contribution >= 0.6 is 27.5 Å². The Morgan fingerprint density at radius 2 is 1.95 bits per heavy atom. The molecule has 0 spiro atoms. The SMILES string of the molecule is NC(c1cc(Cl)cc(Br)c1)c1cccc(OC2CC2)c1. The van der Waals surface area contributed by atoms with E-state index in [1.807, 2.05) is 42.5 Å². The smallest absolute Gasteiger partial charge is 0.120 e. The molecule has 2 aromatic rings. The summed E-state index contributed by atoms with van der Waals surface area (Å²) in [6.07, 6.45) is 2.69. The van der Waals surface area contributed by atoms with E-state index in [2.05, 4.69) is 15.9 Å². The fourth-order valence-electron chi connectivity index (χ4n) is 2.11. The van der Waals surface area contributed by atoms with Gasteiger partial charge in [0.05, 0.1) is 12.1 Å². The fraction of sp³-hybridized carbons (Fsp3) is 0.250. The molecule has 3 rings (SSSR count). The number of ether oxygens (including phenoxy) is 1. The third-order valence-corrected chi connectivity index (χ3v) is 3.96. The van der Waals surface area contributed by atoms with E-state index in [1.165, 1.54) is 0 Å². The molecule has 1 aliphatic rings.